The maximum absolute atomic E-state index is 12.8. The highest BCUT2D eigenvalue weighted by atomic mass is 32.2. The average Bonchev–Trinajstić information content (AvgIpc) is 2.16. The van der Waals surface area contributed by atoms with Crippen LogP contribution < -0.4 is 0 Å². The lowest BCUT2D eigenvalue weighted by atomic mass is 10.2. The Morgan fingerprint density at radius 2 is 2.13 bits per heavy atom. The van der Waals surface area contributed by atoms with Crippen LogP contribution in [-0.4, -0.2) is 18.8 Å². The van der Waals surface area contributed by atoms with Gasteiger partial charge < -0.3 is 0 Å². The van der Waals surface area contributed by atoms with Gasteiger partial charge in [0, 0.05) is 11.6 Å². The second-order valence-electron chi connectivity index (χ2n) is 2.46. The number of nitro groups is 1. The molecule has 8 heteroatoms. The fourth-order valence-corrected chi connectivity index (χ4v) is 1.21. The average molecular weight is 233 g/mol. The molecule has 0 heterocycles. The first-order valence-electron chi connectivity index (χ1n) is 3.52. The first kappa shape index (κ1) is 11.4. The minimum atomic E-state index is -2.77. The Morgan fingerprint density at radius 3 is 2.60 bits per heavy atom. The van der Waals surface area contributed by atoms with Crippen molar-refractivity contribution in [2.75, 3.05) is 0 Å². The van der Waals surface area contributed by atoms with E-state index in [4.69, 9.17) is 4.55 Å². The first-order chi connectivity index (χ1) is 6.93. The quantitative estimate of drug-likeness (QED) is 0.468. The summed E-state index contributed by atoms with van der Waals surface area (Å²) in [6.45, 7) is 0. The molecule has 1 N–H and O–H groups in total. The molecule has 1 unspecified atom stereocenters. The topological polar surface area (TPSA) is 97.5 Å². The molecule has 1 rings (SSSR count). The Labute approximate surface area is 85.2 Å². The van der Waals surface area contributed by atoms with Crippen LogP contribution in [-0.2, 0) is 11.1 Å². The van der Waals surface area contributed by atoms with Gasteiger partial charge in [0.25, 0.3) is 5.12 Å². The summed E-state index contributed by atoms with van der Waals surface area (Å²) >= 11 is -2.77. The third-order valence-electron chi connectivity index (χ3n) is 1.54. The van der Waals surface area contributed by atoms with Crippen LogP contribution in [0.3, 0.4) is 0 Å². The van der Waals surface area contributed by atoms with E-state index < -0.39 is 32.6 Å². The molecule has 0 aliphatic heterocycles. The Balaban J connectivity index is 3.25. The van der Waals surface area contributed by atoms with E-state index in [-0.39, 0.29) is 5.56 Å². The standard InChI is InChI=1S/C7H4FNO5S/c8-5-2-1-4(7(10)15(13)14)3-6(5)9(11)12/h1-3H,(H,13,14). The molecule has 1 aromatic rings. The van der Waals surface area contributed by atoms with Crippen molar-refractivity contribution in [3.05, 3.63) is 39.7 Å². The lowest BCUT2D eigenvalue weighted by molar-refractivity contribution is -0.387. The summed E-state index contributed by atoms with van der Waals surface area (Å²) in [4.78, 5) is 20.2. The molecule has 15 heavy (non-hydrogen) atoms. The smallest absolute Gasteiger partial charge is 0.300 e. The summed E-state index contributed by atoms with van der Waals surface area (Å²) in [5, 5.41) is 9.07. The van der Waals surface area contributed by atoms with Crippen LogP contribution in [0.25, 0.3) is 0 Å². The van der Waals surface area contributed by atoms with E-state index >= 15 is 0 Å². The lowest BCUT2D eigenvalue weighted by Gasteiger charge is -1.97. The summed E-state index contributed by atoms with van der Waals surface area (Å²) in [5.74, 6) is -1.11. The maximum atomic E-state index is 12.8. The highest BCUT2D eigenvalue weighted by Gasteiger charge is 2.19. The number of nitrogens with zero attached hydrogens (tertiary/aromatic N) is 1. The number of hydrogen-bond acceptors (Lipinski definition) is 4. The number of carbonyl (C=O) groups is 1. The molecule has 0 aromatic heterocycles. The normalized spacial score (nSPS) is 12.1. The molecule has 1 aromatic carbocycles. The number of carbonyl (C=O) groups excluding carboxylic acids is 1. The molecule has 0 saturated heterocycles. The lowest BCUT2D eigenvalue weighted by Crippen LogP contribution is -2.07. The fraction of sp³-hybridized carbons (Fsp3) is 0. The molecule has 0 radical (unpaired) electrons. The van der Waals surface area contributed by atoms with Gasteiger partial charge in [-0.15, -0.1) is 0 Å². The number of hydrogen-bond donors (Lipinski definition) is 1. The van der Waals surface area contributed by atoms with Crippen LogP contribution in [0.4, 0.5) is 10.1 Å². The van der Waals surface area contributed by atoms with Crippen LogP contribution in [0, 0.1) is 15.9 Å². The van der Waals surface area contributed by atoms with Crippen LogP contribution in [0.5, 0.6) is 0 Å². The molecule has 1 atom stereocenters. The Hall–Kier alpha value is -1.67. The minimum Gasteiger partial charge on any atom is -0.300 e. The van der Waals surface area contributed by atoms with Crippen molar-refractivity contribution in [3.8, 4) is 0 Å². The third-order valence-corrected chi connectivity index (χ3v) is 2.09. The van der Waals surface area contributed by atoms with Crippen LogP contribution >= 0.6 is 0 Å². The van der Waals surface area contributed by atoms with E-state index in [1.54, 1.807) is 0 Å². The van der Waals surface area contributed by atoms with Gasteiger partial charge in [-0.1, -0.05) is 0 Å². The van der Waals surface area contributed by atoms with E-state index in [1.165, 1.54) is 0 Å². The Bertz CT molecular complexity index is 461. The zero-order valence-corrected chi connectivity index (χ0v) is 7.86. The van der Waals surface area contributed by atoms with Crippen molar-refractivity contribution in [1.82, 2.24) is 0 Å². The Morgan fingerprint density at radius 1 is 1.53 bits per heavy atom. The van der Waals surface area contributed by atoms with Crippen LogP contribution in [0.2, 0.25) is 0 Å². The predicted molar refractivity (Wildman–Crippen MR) is 48.2 cm³/mol. The van der Waals surface area contributed by atoms with Crippen molar-refractivity contribution >= 4 is 21.9 Å². The minimum absolute atomic E-state index is 0.385. The molecule has 0 spiro atoms. The van der Waals surface area contributed by atoms with Crippen LogP contribution in [0.15, 0.2) is 18.2 Å². The third kappa shape index (κ3) is 2.42. The van der Waals surface area contributed by atoms with Gasteiger partial charge in [-0.2, -0.15) is 4.39 Å². The zero-order chi connectivity index (χ0) is 11.6. The second-order valence-corrected chi connectivity index (χ2v) is 3.33. The summed E-state index contributed by atoms with van der Waals surface area (Å²) in [6.07, 6.45) is 0. The maximum Gasteiger partial charge on any atom is 0.305 e. The van der Waals surface area contributed by atoms with Gasteiger partial charge in [0.2, 0.25) is 16.9 Å². The van der Waals surface area contributed by atoms with E-state index in [9.17, 15) is 23.5 Å². The molecule has 0 aliphatic carbocycles. The fourth-order valence-electron chi connectivity index (χ4n) is 0.880. The highest BCUT2D eigenvalue weighted by Crippen LogP contribution is 2.19. The van der Waals surface area contributed by atoms with E-state index in [1.807, 2.05) is 0 Å². The number of benzene rings is 1. The van der Waals surface area contributed by atoms with Gasteiger partial charge >= 0.3 is 5.69 Å². The largest absolute Gasteiger partial charge is 0.305 e. The van der Waals surface area contributed by atoms with Gasteiger partial charge in [0.15, 0.2) is 0 Å². The molecule has 6 nitrogen and oxygen atoms in total. The van der Waals surface area contributed by atoms with Gasteiger partial charge in [-0.05, 0) is 12.1 Å². The summed E-state index contributed by atoms with van der Waals surface area (Å²) < 4.78 is 31.6. The summed E-state index contributed by atoms with van der Waals surface area (Å²) in [6, 6.07) is 2.21. The van der Waals surface area contributed by atoms with Crippen molar-refractivity contribution in [2.24, 2.45) is 0 Å². The molecular formula is C7H4FNO5S. The highest BCUT2D eigenvalue weighted by molar-refractivity contribution is 7.95. The second kappa shape index (κ2) is 4.24. The number of halogens is 1. The summed E-state index contributed by atoms with van der Waals surface area (Å²) in [5.41, 5.74) is -1.30. The summed E-state index contributed by atoms with van der Waals surface area (Å²) in [7, 11) is 0. The van der Waals surface area contributed by atoms with Crippen molar-refractivity contribution in [2.45, 2.75) is 0 Å². The Kier molecular flexibility index (Phi) is 3.22. The van der Waals surface area contributed by atoms with Gasteiger partial charge in [0.05, 0.1) is 4.92 Å². The van der Waals surface area contributed by atoms with Crippen LogP contribution in [0.1, 0.15) is 10.4 Å². The molecule has 0 bridgehead atoms. The van der Waals surface area contributed by atoms with Crippen molar-refractivity contribution in [1.29, 1.82) is 0 Å². The SMILES string of the molecule is O=C(c1ccc(F)c([N+](=O)[O-])c1)S(=O)O. The van der Waals surface area contributed by atoms with E-state index in [2.05, 4.69) is 0 Å². The van der Waals surface area contributed by atoms with Gasteiger partial charge in [-0.3, -0.25) is 19.5 Å². The molecular weight excluding hydrogens is 229 g/mol. The zero-order valence-electron chi connectivity index (χ0n) is 7.05. The molecule has 0 fully saturated rings. The van der Waals surface area contributed by atoms with Gasteiger partial charge in [-0.25, -0.2) is 4.21 Å². The molecule has 0 saturated carbocycles. The number of rotatable bonds is 2. The van der Waals surface area contributed by atoms with E-state index in [0.717, 1.165) is 6.07 Å². The number of nitro benzene ring substituents is 1. The van der Waals surface area contributed by atoms with Crippen molar-refractivity contribution in [3.63, 3.8) is 0 Å². The molecule has 80 valence electrons. The predicted octanol–water partition coefficient (Wildman–Crippen LogP) is 1.10. The van der Waals surface area contributed by atoms with Crippen molar-refractivity contribution < 1.29 is 22.9 Å². The molecule has 0 aliphatic rings. The first-order valence-corrected chi connectivity index (χ1v) is 4.63. The van der Waals surface area contributed by atoms with Gasteiger partial charge in [0.1, 0.15) is 0 Å². The monoisotopic (exact) mass is 233 g/mol. The van der Waals surface area contributed by atoms with E-state index in [0.29, 0.717) is 12.1 Å². The molecule has 0 amide bonds.